The van der Waals surface area contributed by atoms with Crippen molar-refractivity contribution in [1.29, 1.82) is 0 Å². The van der Waals surface area contributed by atoms with Gasteiger partial charge in [-0.05, 0) is 46.3 Å². The number of ether oxygens (including phenoxy) is 3. The van der Waals surface area contributed by atoms with Crippen LogP contribution in [0.4, 0.5) is 0 Å². The van der Waals surface area contributed by atoms with E-state index in [1.807, 2.05) is 0 Å². The van der Waals surface area contributed by atoms with Gasteiger partial charge in [-0.3, -0.25) is 0 Å². The first kappa shape index (κ1) is 16.8. The first-order chi connectivity index (χ1) is 10.6. The van der Waals surface area contributed by atoms with Crippen molar-refractivity contribution in [3.8, 4) is 11.5 Å². The lowest BCUT2D eigenvalue weighted by Crippen LogP contribution is -2.09. The number of methoxy groups -OCH3 is 1. The minimum Gasteiger partial charge on any atom is -0.490 e. The summed E-state index contributed by atoms with van der Waals surface area (Å²) in [6.45, 7) is 0.918. The van der Waals surface area contributed by atoms with Crippen molar-refractivity contribution in [2.24, 2.45) is 0 Å². The molecule has 0 saturated carbocycles. The molecule has 0 radical (unpaired) electrons. The van der Waals surface area contributed by atoms with E-state index in [1.54, 1.807) is 49.6 Å². The van der Waals surface area contributed by atoms with Crippen molar-refractivity contribution >= 4 is 33.5 Å². The van der Waals surface area contributed by atoms with Crippen molar-refractivity contribution in [3.05, 3.63) is 57.5 Å². The van der Waals surface area contributed by atoms with E-state index in [-0.39, 0.29) is 0 Å². The number of carbonyl (C=O) groups excluding carboxylic acids is 1. The number of halogens is 2. The Morgan fingerprint density at radius 2 is 1.91 bits per heavy atom. The van der Waals surface area contributed by atoms with Gasteiger partial charge in [-0.2, -0.15) is 0 Å². The molecule has 0 fully saturated rings. The number of carbonyl (C=O) groups is 1. The van der Waals surface area contributed by atoms with Crippen LogP contribution in [0, 0.1) is 0 Å². The van der Waals surface area contributed by atoms with Crippen molar-refractivity contribution in [1.82, 2.24) is 0 Å². The van der Waals surface area contributed by atoms with E-state index in [1.165, 1.54) is 0 Å². The van der Waals surface area contributed by atoms with E-state index in [2.05, 4.69) is 15.9 Å². The van der Waals surface area contributed by atoms with E-state index in [0.29, 0.717) is 39.8 Å². The third-order valence-corrected chi connectivity index (χ3v) is 3.68. The monoisotopic (exact) mass is 384 g/mol. The molecule has 0 N–H and O–H groups in total. The van der Waals surface area contributed by atoms with Crippen LogP contribution in [0.25, 0.3) is 0 Å². The Morgan fingerprint density at radius 1 is 1.14 bits per heavy atom. The molecular formula is C16H14BrClO4. The summed E-state index contributed by atoms with van der Waals surface area (Å²) in [5, 5.41) is 0.384. The molecule has 4 nitrogen and oxygen atoms in total. The largest absolute Gasteiger partial charge is 0.490 e. The van der Waals surface area contributed by atoms with E-state index in [4.69, 9.17) is 25.8 Å². The average molecular weight is 386 g/mol. The number of hydrogen-bond acceptors (Lipinski definition) is 4. The molecule has 0 aliphatic rings. The van der Waals surface area contributed by atoms with Crippen LogP contribution in [0.5, 0.6) is 11.5 Å². The van der Waals surface area contributed by atoms with E-state index in [9.17, 15) is 4.79 Å². The van der Waals surface area contributed by atoms with E-state index < -0.39 is 5.97 Å². The quantitative estimate of drug-likeness (QED) is 0.421. The third kappa shape index (κ3) is 4.47. The Labute approximate surface area is 142 Å². The number of rotatable bonds is 6. The Morgan fingerprint density at radius 3 is 2.59 bits per heavy atom. The molecule has 0 unspecified atom stereocenters. The molecule has 0 aromatic heterocycles. The molecule has 0 bridgehead atoms. The van der Waals surface area contributed by atoms with E-state index in [0.717, 1.165) is 0 Å². The fourth-order valence-electron chi connectivity index (χ4n) is 1.67. The molecule has 0 aliphatic heterocycles. The van der Waals surface area contributed by atoms with Crippen LogP contribution in [-0.4, -0.2) is 26.3 Å². The summed E-state index contributed by atoms with van der Waals surface area (Å²) >= 11 is 9.33. The van der Waals surface area contributed by atoms with Crippen LogP contribution in [0.1, 0.15) is 10.4 Å². The van der Waals surface area contributed by atoms with Gasteiger partial charge in [0, 0.05) is 7.11 Å². The van der Waals surface area contributed by atoms with Crippen molar-refractivity contribution < 1.29 is 19.0 Å². The van der Waals surface area contributed by atoms with E-state index >= 15 is 0 Å². The molecule has 116 valence electrons. The summed E-state index contributed by atoms with van der Waals surface area (Å²) in [5.74, 6) is 0.467. The summed E-state index contributed by atoms with van der Waals surface area (Å²) in [4.78, 5) is 12.1. The smallest absolute Gasteiger partial charge is 0.343 e. The maximum absolute atomic E-state index is 12.1. The molecule has 2 aromatic rings. The van der Waals surface area contributed by atoms with Crippen LogP contribution in [-0.2, 0) is 4.74 Å². The molecule has 0 spiro atoms. The van der Waals surface area contributed by atoms with Crippen molar-refractivity contribution in [2.75, 3.05) is 20.3 Å². The molecule has 22 heavy (non-hydrogen) atoms. The number of esters is 1. The van der Waals surface area contributed by atoms with Gasteiger partial charge in [0.25, 0.3) is 0 Å². The highest BCUT2D eigenvalue weighted by atomic mass is 79.9. The second kappa shape index (κ2) is 8.17. The maximum Gasteiger partial charge on any atom is 0.343 e. The Bertz CT molecular complexity index is 660. The minimum absolute atomic E-state index is 0.325. The summed E-state index contributed by atoms with van der Waals surface area (Å²) < 4.78 is 16.4. The highest BCUT2D eigenvalue weighted by Crippen LogP contribution is 2.28. The summed E-state index contributed by atoms with van der Waals surface area (Å²) in [7, 11) is 1.60. The molecule has 2 rings (SSSR count). The van der Waals surface area contributed by atoms with Gasteiger partial charge in [0.15, 0.2) is 0 Å². The molecule has 0 atom stereocenters. The predicted octanol–water partition coefficient (Wildman–Crippen LogP) is 4.35. The SMILES string of the molecule is COCCOc1ccc(C(=O)Oc2ccccc2Cl)cc1Br. The minimum atomic E-state index is -0.489. The Balaban J connectivity index is 2.07. The van der Waals surface area contributed by atoms with Crippen LogP contribution in [0.3, 0.4) is 0 Å². The molecular weight excluding hydrogens is 372 g/mol. The zero-order valence-corrected chi connectivity index (χ0v) is 14.2. The zero-order valence-electron chi connectivity index (χ0n) is 11.8. The van der Waals surface area contributed by atoms with Gasteiger partial charge < -0.3 is 14.2 Å². The van der Waals surface area contributed by atoms with Gasteiger partial charge in [0.1, 0.15) is 18.1 Å². The highest BCUT2D eigenvalue weighted by molar-refractivity contribution is 9.10. The first-order valence-electron chi connectivity index (χ1n) is 6.50. The van der Waals surface area contributed by atoms with Gasteiger partial charge in [0.05, 0.1) is 21.7 Å². The lowest BCUT2D eigenvalue weighted by molar-refractivity contribution is 0.0734. The summed E-state index contributed by atoms with van der Waals surface area (Å²) in [6.07, 6.45) is 0. The number of benzene rings is 2. The van der Waals surface area contributed by atoms with Gasteiger partial charge in [-0.15, -0.1) is 0 Å². The van der Waals surface area contributed by atoms with Gasteiger partial charge >= 0.3 is 5.97 Å². The Kier molecular flexibility index (Phi) is 6.24. The molecule has 0 aliphatic carbocycles. The molecule has 0 heterocycles. The van der Waals surface area contributed by atoms with Crippen molar-refractivity contribution in [2.45, 2.75) is 0 Å². The molecule has 6 heteroatoms. The normalized spacial score (nSPS) is 10.3. The number of hydrogen-bond donors (Lipinski definition) is 0. The summed E-state index contributed by atoms with van der Waals surface area (Å²) in [6, 6.07) is 11.8. The molecule has 0 amide bonds. The molecule has 0 saturated heterocycles. The average Bonchev–Trinajstić information content (AvgIpc) is 2.51. The standard InChI is InChI=1S/C16H14BrClO4/c1-20-8-9-21-14-7-6-11(10-12(14)17)16(19)22-15-5-3-2-4-13(15)18/h2-7,10H,8-9H2,1H3. The zero-order chi connectivity index (χ0) is 15.9. The molecule has 2 aromatic carbocycles. The second-order valence-electron chi connectivity index (χ2n) is 4.31. The fraction of sp³-hybridized carbons (Fsp3) is 0.188. The van der Waals surface area contributed by atoms with Crippen LogP contribution in [0.2, 0.25) is 5.02 Å². The predicted molar refractivity (Wildman–Crippen MR) is 87.9 cm³/mol. The topological polar surface area (TPSA) is 44.8 Å². The van der Waals surface area contributed by atoms with Crippen LogP contribution >= 0.6 is 27.5 Å². The summed E-state index contributed by atoms with van der Waals surface area (Å²) in [5.41, 5.74) is 0.394. The van der Waals surface area contributed by atoms with Gasteiger partial charge in [-0.25, -0.2) is 4.79 Å². The van der Waals surface area contributed by atoms with Crippen molar-refractivity contribution in [3.63, 3.8) is 0 Å². The Hall–Kier alpha value is -1.56. The van der Waals surface area contributed by atoms with Crippen LogP contribution < -0.4 is 9.47 Å². The number of para-hydroxylation sites is 1. The lowest BCUT2D eigenvalue weighted by Gasteiger charge is -2.10. The van der Waals surface area contributed by atoms with Gasteiger partial charge in [-0.1, -0.05) is 23.7 Å². The third-order valence-electron chi connectivity index (χ3n) is 2.75. The fourth-order valence-corrected chi connectivity index (χ4v) is 2.33. The van der Waals surface area contributed by atoms with Gasteiger partial charge in [0.2, 0.25) is 0 Å². The lowest BCUT2D eigenvalue weighted by atomic mass is 10.2. The van der Waals surface area contributed by atoms with Crippen LogP contribution in [0.15, 0.2) is 46.9 Å². The second-order valence-corrected chi connectivity index (χ2v) is 5.57. The first-order valence-corrected chi connectivity index (χ1v) is 7.67. The highest BCUT2D eigenvalue weighted by Gasteiger charge is 2.13. The maximum atomic E-state index is 12.1.